The molecule has 1 fully saturated rings. The first-order valence-electron chi connectivity index (χ1n) is 8.12. The monoisotopic (exact) mass is 454 g/mol. The average molecular weight is 455 g/mol. The minimum Gasteiger partial charge on any atom is -0.494 e. The number of carbonyl (C=O) groups is 3. The first-order chi connectivity index (χ1) is 13.8. The number of nitrogens with zero attached hydrogens (tertiary/aromatic N) is 1. The summed E-state index contributed by atoms with van der Waals surface area (Å²) in [5.41, 5.74) is 0.850. The predicted octanol–water partition coefficient (Wildman–Crippen LogP) is 4.82. The van der Waals surface area contributed by atoms with Crippen LogP contribution >= 0.6 is 35.0 Å². The number of rotatable bonds is 5. The first kappa shape index (κ1) is 21.2. The van der Waals surface area contributed by atoms with Crippen molar-refractivity contribution in [3.05, 3.63) is 62.7 Å². The van der Waals surface area contributed by atoms with Gasteiger partial charge < -0.3 is 10.1 Å². The van der Waals surface area contributed by atoms with Gasteiger partial charge in [0.15, 0.2) is 5.75 Å². The van der Waals surface area contributed by atoms with E-state index < -0.39 is 29.4 Å². The second kappa shape index (κ2) is 8.86. The van der Waals surface area contributed by atoms with E-state index in [4.69, 9.17) is 27.9 Å². The van der Waals surface area contributed by atoms with Crippen LogP contribution in [0.5, 0.6) is 5.75 Å². The molecule has 3 amide bonds. The average Bonchev–Trinajstić information content (AvgIpc) is 2.91. The number of hydrogen-bond donors (Lipinski definition) is 1. The van der Waals surface area contributed by atoms with E-state index in [1.807, 2.05) is 0 Å². The summed E-state index contributed by atoms with van der Waals surface area (Å²) in [6.07, 6.45) is 1.46. The van der Waals surface area contributed by atoms with Crippen molar-refractivity contribution in [1.82, 2.24) is 4.90 Å². The van der Waals surface area contributed by atoms with E-state index >= 15 is 0 Å². The summed E-state index contributed by atoms with van der Waals surface area (Å²) < 4.78 is 18.0. The summed E-state index contributed by atoms with van der Waals surface area (Å²) in [6, 6.07) is 8.20. The lowest BCUT2D eigenvalue weighted by atomic mass is 10.2. The Labute approximate surface area is 179 Å². The topological polar surface area (TPSA) is 75.7 Å². The molecule has 0 aromatic heterocycles. The first-order valence-corrected chi connectivity index (χ1v) is 9.69. The molecule has 150 valence electrons. The van der Waals surface area contributed by atoms with Crippen LogP contribution in [0.4, 0.5) is 14.9 Å². The van der Waals surface area contributed by atoms with Crippen LogP contribution in [0.2, 0.25) is 10.0 Å². The minimum atomic E-state index is -0.614. The van der Waals surface area contributed by atoms with Crippen molar-refractivity contribution in [2.75, 3.05) is 19.0 Å². The molecule has 1 N–H and O–H groups in total. The molecule has 0 atom stereocenters. The molecule has 2 aromatic carbocycles. The van der Waals surface area contributed by atoms with Crippen LogP contribution in [0, 0.1) is 5.82 Å². The Morgan fingerprint density at radius 3 is 2.41 bits per heavy atom. The van der Waals surface area contributed by atoms with Crippen LogP contribution in [0.25, 0.3) is 6.08 Å². The number of nitrogens with one attached hydrogen (secondary N) is 1. The highest BCUT2D eigenvalue weighted by Crippen LogP contribution is 2.37. The molecule has 1 aliphatic rings. The Kier molecular flexibility index (Phi) is 6.46. The molecule has 1 heterocycles. The number of carbonyl (C=O) groups excluding carboxylic acids is 3. The number of imide groups is 1. The maximum absolute atomic E-state index is 12.9. The Morgan fingerprint density at radius 2 is 1.83 bits per heavy atom. The molecule has 0 spiro atoms. The third-order valence-electron chi connectivity index (χ3n) is 3.83. The molecule has 0 bridgehead atoms. The number of methoxy groups -OCH3 is 1. The molecular weight excluding hydrogens is 442 g/mol. The number of ether oxygens (including phenoxy) is 1. The van der Waals surface area contributed by atoms with Gasteiger partial charge in [-0.3, -0.25) is 19.3 Å². The molecule has 1 aliphatic heterocycles. The second-order valence-electron chi connectivity index (χ2n) is 5.84. The molecule has 3 rings (SSSR count). The van der Waals surface area contributed by atoms with Crippen LogP contribution in [0.1, 0.15) is 5.56 Å². The van der Waals surface area contributed by atoms with Gasteiger partial charge in [-0.25, -0.2) is 4.39 Å². The molecular formula is C19H13Cl2FN2O4S. The van der Waals surface area contributed by atoms with E-state index in [0.717, 1.165) is 4.90 Å². The maximum atomic E-state index is 12.9. The molecule has 0 unspecified atom stereocenters. The Morgan fingerprint density at radius 1 is 1.21 bits per heavy atom. The van der Waals surface area contributed by atoms with Gasteiger partial charge in [-0.05, 0) is 59.8 Å². The summed E-state index contributed by atoms with van der Waals surface area (Å²) in [6.45, 7) is -0.469. The molecule has 2 aromatic rings. The molecule has 1 saturated heterocycles. The zero-order chi connectivity index (χ0) is 21.1. The number of benzene rings is 2. The zero-order valence-corrected chi connectivity index (χ0v) is 17.2. The SMILES string of the molecule is COc1c(Cl)cc(/C=C2\SC(=O)N(CC(=O)Nc3ccc(F)cc3)C2=O)cc1Cl. The van der Waals surface area contributed by atoms with Gasteiger partial charge in [0.25, 0.3) is 11.1 Å². The van der Waals surface area contributed by atoms with E-state index in [1.165, 1.54) is 37.5 Å². The molecule has 29 heavy (non-hydrogen) atoms. The fourth-order valence-corrected chi connectivity index (χ4v) is 4.02. The lowest BCUT2D eigenvalue weighted by molar-refractivity contribution is -0.127. The van der Waals surface area contributed by atoms with Crippen molar-refractivity contribution < 1.29 is 23.5 Å². The number of thioether (sulfide) groups is 1. The van der Waals surface area contributed by atoms with Gasteiger partial charge in [0.05, 0.1) is 22.1 Å². The predicted molar refractivity (Wildman–Crippen MR) is 111 cm³/mol. The summed E-state index contributed by atoms with van der Waals surface area (Å²) in [5.74, 6) is -1.35. The molecule has 6 nitrogen and oxygen atoms in total. The Bertz CT molecular complexity index is 1000. The standard InChI is InChI=1S/C19H13Cl2FN2O4S/c1-28-17-13(20)6-10(7-14(17)21)8-15-18(26)24(19(27)29-15)9-16(25)23-12-4-2-11(22)3-5-12/h2-8H,9H2,1H3,(H,23,25)/b15-8-. The van der Waals surface area contributed by atoms with Crippen molar-refractivity contribution in [3.8, 4) is 5.75 Å². The largest absolute Gasteiger partial charge is 0.494 e. The maximum Gasteiger partial charge on any atom is 0.294 e. The van der Waals surface area contributed by atoms with E-state index in [9.17, 15) is 18.8 Å². The summed E-state index contributed by atoms with van der Waals surface area (Å²) in [4.78, 5) is 37.8. The van der Waals surface area contributed by atoms with Crippen LogP contribution in [0.15, 0.2) is 41.3 Å². The van der Waals surface area contributed by atoms with Gasteiger partial charge in [0.1, 0.15) is 12.4 Å². The third kappa shape index (κ3) is 4.90. The zero-order valence-electron chi connectivity index (χ0n) is 14.9. The summed E-state index contributed by atoms with van der Waals surface area (Å²) >= 11 is 12.9. The smallest absolute Gasteiger partial charge is 0.294 e. The second-order valence-corrected chi connectivity index (χ2v) is 7.65. The van der Waals surface area contributed by atoms with E-state index in [0.29, 0.717) is 28.8 Å². The van der Waals surface area contributed by atoms with Crippen molar-refractivity contribution in [3.63, 3.8) is 0 Å². The minimum absolute atomic E-state index is 0.127. The van der Waals surface area contributed by atoms with Crippen LogP contribution < -0.4 is 10.1 Å². The van der Waals surface area contributed by atoms with E-state index in [2.05, 4.69) is 5.32 Å². The van der Waals surface area contributed by atoms with Gasteiger partial charge in [0, 0.05) is 5.69 Å². The fourth-order valence-electron chi connectivity index (χ4n) is 2.52. The number of anilines is 1. The molecule has 10 heteroatoms. The fraction of sp³-hybridized carbons (Fsp3) is 0.105. The highest BCUT2D eigenvalue weighted by molar-refractivity contribution is 8.18. The Hall–Kier alpha value is -2.55. The van der Waals surface area contributed by atoms with Crippen molar-refractivity contribution in [2.24, 2.45) is 0 Å². The number of hydrogen-bond acceptors (Lipinski definition) is 5. The molecule has 0 radical (unpaired) electrons. The van der Waals surface area contributed by atoms with Gasteiger partial charge in [-0.2, -0.15) is 0 Å². The van der Waals surface area contributed by atoms with Gasteiger partial charge in [-0.1, -0.05) is 23.2 Å². The van der Waals surface area contributed by atoms with Gasteiger partial charge in [0.2, 0.25) is 5.91 Å². The lowest BCUT2D eigenvalue weighted by Crippen LogP contribution is -2.36. The highest BCUT2D eigenvalue weighted by Gasteiger charge is 2.36. The van der Waals surface area contributed by atoms with Crippen LogP contribution in [-0.2, 0) is 9.59 Å². The lowest BCUT2D eigenvalue weighted by Gasteiger charge is -2.12. The van der Waals surface area contributed by atoms with Crippen molar-refractivity contribution in [1.29, 1.82) is 0 Å². The molecule has 0 aliphatic carbocycles. The highest BCUT2D eigenvalue weighted by atomic mass is 35.5. The van der Waals surface area contributed by atoms with E-state index in [-0.39, 0.29) is 15.0 Å². The van der Waals surface area contributed by atoms with Crippen LogP contribution in [-0.4, -0.2) is 35.6 Å². The Balaban J connectivity index is 1.73. The van der Waals surface area contributed by atoms with Gasteiger partial charge >= 0.3 is 0 Å². The molecule has 0 saturated carbocycles. The number of amides is 3. The third-order valence-corrected chi connectivity index (χ3v) is 5.29. The van der Waals surface area contributed by atoms with Crippen molar-refractivity contribution in [2.45, 2.75) is 0 Å². The normalized spacial score (nSPS) is 15.2. The van der Waals surface area contributed by atoms with E-state index in [1.54, 1.807) is 12.1 Å². The summed E-state index contributed by atoms with van der Waals surface area (Å²) in [7, 11) is 1.43. The van der Waals surface area contributed by atoms with Crippen molar-refractivity contribution >= 4 is 63.8 Å². The summed E-state index contributed by atoms with van der Waals surface area (Å²) in [5, 5.41) is 2.43. The van der Waals surface area contributed by atoms with Gasteiger partial charge in [-0.15, -0.1) is 0 Å². The quantitative estimate of drug-likeness (QED) is 0.655. The number of halogens is 3. The van der Waals surface area contributed by atoms with Crippen LogP contribution in [0.3, 0.4) is 0 Å².